The van der Waals surface area contributed by atoms with Crippen molar-refractivity contribution in [2.75, 3.05) is 23.4 Å². The first-order valence-electron chi connectivity index (χ1n) is 4.81. The van der Waals surface area contributed by atoms with Crippen LogP contribution in [0.4, 0.5) is 0 Å². The Balaban J connectivity index is 1.91. The summed E-state index contributed by atoms with van der Waals surface area (Å²) < 4.78 is 0. The Bertz CT molecular complexity index is 103. The third-order valence-corrected chi connectivity index (χ3v) is 4.47. The van der Waals surface area contributed by atoms with Crippen molar-refractivity contribution in [1.29, 1.82) is 0 Å². The third kappa shape index (κ3) is 4.63. The largest absolute Gasteiger partial charge is 0.285 e. The van der Waals surface area contributed by atoms with Crippen LogP contribution in [0, 0.1) is 0 Å². The van der Waals surface area contributed by atoms with Crippen molar-refractivity contribution in [1.82, 2.24) is 4.90 Å². The molecule has 1 saturated heterocycles. The molecule has 12 heavy (non-hydrogen) atoms. The highest BCUT2D eigenvalue weighted by molar-refractivity contribution is 8.16. The Kier molecular flexibility index (Phi) is 6.35. The van der Waals surface area contributed by atoms with Gasteiger partial charge in [0.2, 0.25) is 0 Å². The zero-order chi connectivity index (χ0) is 8.65. The molecule has 0 bridgehead atoms. The highest BCUT2D eigenvalue weighted by atomic mass is 32.2. The number of rotatable bonds is 5. The van der Waals surface area contributed by atoms with E-state index in [0.717, 1.165) is 0 Å². The molecule has 0 aliphatic carbocycles. The van der Waals surface area contributed by atoms with Crippen LogP contribution in [0.25, 0.3) is 0 Å². The van der Waals surface area contributed by atoms with Gasteiger partial charge in [-0.15, -0.1) is 23.5 Å². The second-order valence-corrected chi connectivity index (χ2v) is 5.52. The van der Waals surface area contributed by atoms with Gasteiger partial charge in [-0.3, -0.25) is 4.90 Å². The number of hydrogen-bond donors (Lipinski definition) is 0. The molecule has 0 saturated carbocycles. The molecule has 0 aromatic rings. The van der Waals surface area contributed by atoms with E-state index in [4.69, 9.17) is 0 Å². The van der Waals surface area contributed by atoms with Crippen LogP contribution < -0.4 is 0 Å². The summed E-state index contributed by atoms with van der Waals surface area (Å²) in [5, 5.41) is 1.30. The van der Waals surface area contributed by atoms with Gasteiger partial charge in [0, 0.05) is 16.8 Å². The number of thioether (sulfide) groups is 2. The first-order chi connectivity index (χ1) is 5.93. The van der Waals surface area contributed by atoms with Crippen molar-refractivity contribution >= 4 is 23.5 Å². The summed E-state index contributed by atoms with van der Waals surface area (Å²) in [4.78, 5) is 2.56. The van der Waals surface area contributed by atoms with Crippen molar-refractivity contribution in [3.8, 4) is 0 Å². The Morgan fingerprint density at radius 3 is 2.50 bits per heavy atom. The molecule has 0 aromatic heterocycles. The smallest absolute Gasteiger partial charge is 0.0460 e. The molecule has 0 N–H and O–H groups in total. The van der Waals surface area contributed by atoms with E-state index in [9.17, 15) is 0 Å². The van der Waals surface area contributed by atoms with E-state index in [1.807, 2.05) is 0 Å². The summed E-state index contributed by atoms with van der Waals surface area (Å²) in [6.45, 7) is 3.59. The Morgan fingerprint density at radius 2 is 1.83 bits per heavy atom. The number of nitrogens with zero attached hydrogens (tertiary/aromatic N) is 1. The van der Waals surface area contributed by atoms with Crippen LogP contribution in [0.1, 0.15) is 32.6 Å². The normalized spacial score (nSPS) is 19.8. The molecule has 1 aliphatic heterocycles. The van der Waals surface area contributed by atoms with Gasteiger partial charge in [0.15, 0.2) is 0 Å². The molecule has 1 aliphatic rings. The van der Waals surface area contributed by atoms with Gasteiger partial charge in [-0.25, -0.2) is 0 Å². The molecule has 0 atom stereocenters. The fourth-order valence-electron chi connectivity index (χ4n) is 1.32. The summed E-state index contributed by atoms with van der Waals surface area (Å²) in [6.07, 6.45) is 5.58. The minimum atomic E-state index is 1.26. The molecule has 1 nitrogen and oxygen atoms in total. The Hall–Kier alpha value is 0.660. The average Bonchev–Trinajstić information content (AvgIpc) is 2.14. The predicted octanol–water partition coefficient (Wildman–Crippen LogP) is 3.22. The van der Waals surface area contributed by atoms with Crippen LogP contribution in [0.15, 0.2) is 0 Å². The third-order valence-electron chi connectivity index (χ3n) is 2.04. The SMILES string of the molecule is CCCCCCN1CSCSC1. The molecule has 0 radical (unpaired) electrons. The maximum Gasteiger partial charge on any atom is 0.0460 e. The van der Waals surface area contributed by atoms with Crippen LogP contribution in [-0.4, -0.2) is 28.3 Å². The molecule has 1 rings (SSSR count). The maximum atomic E-state index is 2.56. The zero-order valence-corrected chi connectivity index (χ0v) is 9.55. The minimum absolute atomic E-state index is 1.26. The van der Waals surface area contributed by atoms with Crippen LogP contribution in [0.5, 0.6) is 0 Å². The second kappa shape index (κ2) is 7.10. The van der Waals surface area contributed by atoms with Gasteiger partial charge in [-0.05, 0) is 13.0 Å². The average molecular weight is 205 g/mol. The fraction of sp³-hybridized carbons (Fsp3) is 1.00. The van der Waals surface area contributed by atoms with E-state index < -0.39 is 0 Å². The van der Waals surface area contributed by atoms with E-state index in [0.29, 0.717) is 0 Å². The molecular formula is C9H19NS2. The van der Waals surface area contributed by atoms with E-state index in [1.54, 1.807) is 0 Å². The minimum Gasteiger partial charge on any atom is -0.285 e. The van der Waals surface area contributed by atoms with Crippen LogP contribution in [0.2, 0.25) is 0 Å². The number of unbranched alkanes of at least 4 members (excludes halogenated alkanes) is 3. The Morgan fingerprint density at radius 1 is 1.08 bits per heavy atom. The summed E-state index contributed by atoms with van der Waals surface area (Å²) in [5.74, 6) is 2.53. The number of hydrogen-bond acceptors (Lipinski definition) is 3. The standard InChI is InChI=1S/C9H19NS2/c1-2-3-4-5-6-10-7-11-9-12-8-10/h2-9H2,1H3. The lowest BCUT2D eigenvalue weighted by Crippen LogP contribution is -2.26. The maximum absolute atomic E-state index is 2.56. The van der Waals surface area contributed by atoms with Crippen LogP contribution in [0.3, 0.4) is 0 Å². The molecule has 0 aromatic carbocycles. The van der Waals surface area contributed by atoms with Gasteiger partial charge in [0.1, 0.15) is 0 Å². The van der Waals surface area contributed by atoms with Crippen LogP contribution in [-0.2, 0) is 0 Å². The van der Waals surface area contributed by atoms with Gasteiger partial charge >= 0.3 is 0 Å². The Labute approximate surface area is 84.7 Å². The first-order valence-corrected chi connectivity index (χ1v) is 7.12. The molecule has 72 valence electrons. The second-order valence-electron chi connectivity index (χ2n) is 3.24. The monoisotopic (exact) mass is 205 g/mol. The molecule has 0 amide bonds. The molecule has 1 fully saturated rings. The van der Waals surface area contributed by atoms with Crippen molar-refractivity contribution in [2.24, 2.45) is 0 Å². The van der Waals surface area contributed by atoms with Gasteiger partial charge < -0.3 is 0 Å². The molecule has 1 heterocycles. The van der Waals surface area contributed by atoms with E-state index in [1.165, 1.54) is 49.1 Å². The highest BCUT2D eigenvalue weighted by Gasteiger charge is 2.08. The predicted molar refractivity (Wildman–Crippen MR) is 60.6 cm³/mol. The quantitative estimate of drug-likeness (QED) is 0.635. The lowest BCUT2D eigenvalue weighted by atomic mass is 10.2. The van der Waals surface area contributed by atoms with Gasteiger partial charge in [0.05, 0.1) is 0 Å². The summed E-state index contributed by atoms with van der Waals surface area (Å²) in [5.41, 5.74) is 0. The van der Waals surface area contributed by atoms with Crippen molar-refractivity contribution < 1.29 is 0 Å². The summed E-state index contributed by atoms with van der Waals surface area (Å²) in [7, 11) is 0. The lowest BCUT2D eigenvalue weighted by Gasteiger charge is -2.25. The lowest BCUT2D eigenvalue weighted by molar-refractivity contribution is 0.362. The van der Waals surface area contributed by atoms with Gasteiger partial charge in [-0.2, -0.15) is 0 Å². The molecule has 3 heteroatoms. The van der Waals surface area contributed by atoms with Crippen LogP contribution >= 0.6 is 23.5 Å². The van der Waals surface area contributed by atoms with Crippen molar-refractivity contribution in [2.45, 2.75) is 32.6 Å². The van der Waals surface area contributed by atoms with Gasteiger partial charge in [-0.1, -0.05) is 26.2 Å². The van der Waals surface area contributed by atoms with Gasteiger partial charge in [0.25, 0.3) is 0 Å². The fourth-order valence-corrected chi connectivity index (χ4v) is 3.46. The first kappa shape index (κ1) is 10.7. The highest BCUT2D eigenvalue weighted by Crippen LogP contribution is 2.21. The van der Waals surface area contributed by atoms with E-state index in [-0.39, 0.29) is 0 Å². The summed E-state index contributed by atoms with van der Waals surface area (Å²) in [6, 6.07) is 0. The zero-order valence-electron chi connectivity index (χ0n) is 7.92. The topological polar surface area (TPSA) is 3.24 Å². The molecule has 0 unspecified atom stereocenters. The van der Waals surface area contributed by atoms with Crippen molar-refractivity contribution in [3.63, 3.8) is 0 Å². The van der Waals surface area contributed by atoms with Crippen molar-refractivity contribution in [3.05, 3.63) is 0 Å². The van der Waals surface area contributed by atoms with E-state index in [2.05, 4.69) is 35.3 Å². The van der Waals surface area contributed by atoms with E-state index >= 15 is 0 Å². The molecular weight excluding hydrogens is 186 g/mol. The summed E-state index contributed by atoms with van der Waals surface area (Å²) >= 11 is 4.11. The molecule has 0 spiro atoms.